The van der Waals surface area contributed by atoms with E-state index in [-0.39, 0.29) is 12.0 Å². The number of amides is 1. The molecule has 0 aliphatic carbocycles. The minimum absolute atomic E-state index is 0.113. The summed E-state index contributed by atoms with van der Waals surface area (Å²) in [5.74, 6) is 1.24. The summed E-state index contributed by atoms with van der Waals surface area (Å²) in [7, 11) is 0. The average molecular weight is 382 g/mol. The second kappa shape index (κ2) is 9.24. The zero-order valence-electron chi connectivity index (χ0n) is 17.3. The van der Waals surface area contributed by atoms with Crippen LogP contribution in [0.5, 0.6) is 5.75 Å². The molecule has 0 saturated carbocycles. The standard InChI is InChI=1S/C24H31NO3/c1-16(2)21-11-6-12-22(17(3)4)23(21)25-24(26)18-8-5-9-19(14-18)28-15-20-10-7-13-27-20/h5-6,8-9,11-12,14,16-17,20H,7,10,13,15H2,1-4H3,(H,25,26). The summed E-state index contributed by atoms with van der Waals surface area (Å²) in [5, 5.41) is 3.16. The number of hydrogen-bond acceptors (Lipinski definition) is 3. The number of carbonyl (C=O) groups excluding carboxylic acids is 1. The van der Waals surface area contributed by atoms with Crippen LogP contribution in [-0.4, -0.2) is 25.2 Å². The maximum atomic E-state index is 13.0. The Hall–Kier alpha value is -2.33. The van der Waals surface area contributed by atoms with Crippen LogP contribution in [0.2, 0.25) is 0 Å². The Bertz CT molecular complexity index is 781. The van der Waals surface area contributed by atoms with E-state index in [0.29, 0.717) is 29.8 Å². The highest BCUT2D eigenvalue weighted by molar-refractivity contribution is 6.05. The van der Waals surface area contributed by atoms with E-state index in [4.69, 9.17) is 9.47 Å². The summed E-state index contributed by atoms with van der Waals surface area (Å²) in [6.07, 6.45) is 2.28. The van der Waals surface area contributed by atoms with Crippen molar-refractivity contribution in [2.75, 3.05) is 18.5 Å². The molecule has 1 amide bonds. The predicted molar refractivity (Wildman–Crippen MR) is 113 cm³/mol. The molecule has 0 bridgehead atoms. The van der Waals surface area contributed by atoms with E-state index in [1.165, 1.54) is 0 Å². The number of rotatable bonds is 7. The van der Waals surface area contributed by atoms with Crippen LogP contribution >= 0.6 is 0 Å². The summed E-state index contributed by atoms with van der Waals surface area (Å²) < 4.78 is 11.4. The molecule has 0 spiro atoms. The summed E-state index contributed by atoms with van der Waals surface area (Å²) >= 11 is 0. The molecule has 1 atom stereocenters. The molecule has 28 heavy (non-hydrogen) atoms. The van der Waals surface area contributed by atoms with Crippen LogP contribution in [0.3, 0.4) is 0 Å². The van der Waals surface area contributed by atoms with Gasteiger partial charge in [-0.25, -0.2) is 0 Å². The predicted octanol–water partition coefficient (Wildman–Crippen LogP) is 5.74. The van der Waals surface area contributed by atoms with Gasteiger partial charge in [0.2, 0.25) is 0 Å². The van der Waals surface area contributed by atoms with Crippen LogP contribution in [0, 0.1) is 0 Å². The molecule has 1 heterocycles. The second-order valence-electron chi connectivity index (χ2n) is 8.05. The fraction of sp³-hybridized carbons (Fsp3) is 0.458. The molecule has 150 valence electrons. The number of carbonyl (C=O) groups is 1. The van der Waals surface area contributed by atoms with E-state index >= 15 is 0 Å². The zero-order chi connectivity index (χ0) is 20.1. The molecule has 1 N–H and O–H groups in total. The Balaban J connectivity index is 1.77. The largest absolute Gasteiger partial charge is 0.491 e. The van der Waals surface area contributed by atoms with Crippen LogP contribution in [0.25, 0.3) is 0 Å². The van der Waals surface area contributed by atoms with E-state index in [1.54, 1.807) is 6.07 Å². The van der Waals surface area contributed by atoms with Crippen molar-refractivity contribution in [3.63, 3.8) is 0 Å². The van der Waals surface area contributed by atoms with Gasteiger partial charge < -0.3 is 14.8 Å². The third-order valence-electron chi connectivity index (χ3n) is 5.17. The van der Waals surface area contributed by atoms with E-state index in [9.17, 15) is 4.79 Å². The molecule has 1 fully saturated rings. The van der Waals surface area contributed by atoms with Gasteiger partial charge in [-0.15, -0.1) is 0 Å². The number of anilines is 1. The fourth-order valence-corrected chi connectivity index (χ4v) is 3.57. The van der Waals surface area contributed by atoms with Crippen molar-refractivity contribution in [1.82, 2.24) is 0 Å². The second-order valence-corrected chi connectivity index (χ2v) is 8.05. The number of ether oxygens (including phenoxy) is 2. The van der Waals surface area contributed by atoms with Crippen molar-refractivity contribution in [2.24, 2.45) is 0 Å². The van der Waals surface area contributed by atoms with Crippen molar-refractivity contribution in [3.8, 4) is 5.75 Å². The minimum Gasteiger partial charge on any atom is -0.491 e. The van der Waals surface area contributed by atoms with Gasteiger partial charge in [0.25, 0.3) is 5.91 Å². The molecule has 4 heteroatoms. The fourth-order valence-electron chi connectivity index (χ4n) is 3.57. The van der Waals surface area contributed by atoms with E-state index < -0.39 is 0 Å². The Morgan fingerprint density at radius 3 is 2.39 bits per heavy atom. The van der Waals surface area contributed by atoms with E-state index in [0.717, 1.165) is 36.3 Å². The highest BCUT2D eigenvalue weighted by Crippen LogP contribution is 2.32. The van der Waals surface area contributed by atoms with Crippen molar-refractivity contribution >= 4 is 11.6 Å². The Morgan fingerprint density at radius 2 is 1.79 bits per heavy atom. The lowest BCUT2D eigenvalue weighted by Gasteiger charge is -2.20. The molecule has 1 aliphatic heterocycles. The molecule has 2 aromatic carbocycles. The zero-order valence-corrected chi connectivity index (χ0v) is 17.3. The summed E-state index contributed by atoms with van der Waals surface area (Å²) in [6.45, 7) is 9.93. The SMILES string of the molecule is CC(C)c1cccc(C(C)C)c1NC(=O)c1cccc(OCC2CCCO2)c1. The van der Waals surface area contributed by atoms with Gasteiger partial charge in [-0.3, -0.25) is 4.79 Å². The lowest BCUT2D eigenvalue weighted by atomic mass is 9.92. The van der Waals surface area contributed by atoms with E-state index in [2.05, 4.69) is 51.2 Å². The summed E-state index contributed by atoms with van der Waals surface area (Å²) in [6, 6.07) is 13.6. The van der Waals surface area contributed by atoms with Gasteiger partial charge in [0.1, 0.15) is 12.4 Å². The minimum atomic E-state index is -0.113. The van der Waals surface area contributed by atoms with Crippen molar-refractivity contribution in [2.45, 2.75) is 58.5 Å². The number of benzene rings is 2. The highest BCUT2D eigenvalue weighted by atomic mass is 16.5. The van der Waals surface area contributed by atoms with Gasteiger partial charge in [0.15, 0.2) is 0 Å². The van der Waals surface area contributed by atoms with Crippen LogP contribution in [0.15, 0.2) is 42.5 Å². The molecule has 3 rings (SSSR count). The van der Waals surface area contributed by atoms with Crippen LogP contribution < -0.4 is 10.1 Å². The lowest BCUT2D eigenvalue weighted by Crippen LogP contribution is -2.17. The maximum absolute atomic E-state index is 13.0. The van der Waals surface area contributed by atoms with Crippen molar-refractivity contribution < 1.29 is 14.3 Å². The van der Waals surface area contributed by atoms with Gasteiger partial charge in [-0.1, -0.05) is 52.0 Å². The van der Waals surface area contributed by atoms with Crippen molar-refractivity contribution in [3.05, 3.63) is 59.2 Å². The molecule has 1 saturated heterocycles. The van der Waals surface area contributed by atoms with Gasteiger partial charge in [-0.05, 0) is 54.0 Å². The third kappa shape index (κ3) is 4.93. The molecule has 4 nitrogen and oxygen atoms in total. The van der Waals surface area contributed by atoms with E-state index in [1.807, 2.05) is 18.2 Å². The highest BCUT2D eigenvalue weighted by Gasteiger charge is 2.18. The number of nitrogens with one attached hydrogen (secondary N) is 1. The Morgan fingerprint density at radius 1 is 1.11 bits per heavy atom. The Labute approximate surface area is 168 Å². The molecular formula is C24H31NO3. The first kappa shape index (κ1) is 20.4. The first-order valence-electron chi connectivity index (χ1n) is 10.2. The summed E-state index contributed by atoms with van der Waals surface area (Å²) in [5.41, 5.74) is 3.84. The molecule has 1 aliphatic rings. The third-order valence-corrected chi connectivity index (χ3v) is 5.17. The molecule has 0 aromatic heterocycles. The van der Waals surface area contributed by atoms with Crippen LogP contribution in [0.4, 0.5) is 5.69 Å². The first-order valence-corrected chi connectivity index (χ1v) is 10.2. The number of para-hydroxylation sites is 1. The molecule has 2 aromatic rings. The quantitative estimate of drug-likeness (QED) is 0.665. The van der Waals surface area contributed by atoms with Gasteiger partial charge >= 0.3 is 0 Å². The van der Waals surface area contributed by atoms with Crippen molar-refractivity contribution in [1.29, 1.82) is 0 Å². The maximum Gasteiger partial charge on any atom is 0.255 e. The Kier molecular flexibility index (Phi) is 6.74. The van der Waals surface area contributed by atoms with Crippen LogP contribution in [-0.2, 0) is 4.74 Å². The van der Waals surface area contributed by atoms with Gasteiger partial charge in [0, 0.05) is 17.9 Å². The monoisotopic (exact) mass is 381 g/mol. The van der Waals surface area contributed by atoms with Gasteiger partial charge in [0.05, 0.1) is 6.10 Å². The molecule has 0 radical (unpaired) electrons. The lowest BCUT2D eigenvalue weighted by molar-refractivity contribution is 0.0679. The van der Waals surface area contributed by atoms with Crippen LogP contribution in [0.1, 0.15) is 73.9 Å². The molecule has 1 unspecified atom stereocenters. The topological polar surface area (TPSA) is 47.6 Å². The average Bonchev–Trinajstić information content (AvgIpc) is 3.20. The van der Waals surface area contributed by atoms with Gasteiger partial charge in [-0.2, -0.15) is 0 Å². The first-order chi connectivity index (χ1) is 13.5. The molecular weight excluding hydrogens is 350 g/mol. The number of hydrogen-bond donors (Lipinski definition) is 1. The normalized spacial score (nSPS) is 16.6. The smallest absolute Gasteiger partial charge is 0.255 e. The summed E-state index contributed by atoms with van der Waals surface area (Å²) in [4.78, 5) is 13.0.